The molecule has 4 rings (SSSR count). The Morgan fingerprint density at radius 2 is 1.77 bits per heavy atom. The zero-order valence-electron chi connectivity index (χ0n) is 22.3. The molecule has 0 aliphatic rings. The highest BCUT2D eigenvalue weighted by Crippen LogP contribution is 2.24. The molecule has 4 aromatic rings. The lowest BCUT2D eigenvalue weighted by atomic mass is 9.99. The standard InChI is InChI=1S/C32H32N4O3/c1-3-5-12-28-19-30(31(37)34-21-24-9-8-11-26(18-24)32(38)39-4-2)35-36(28)22-23-14-16-25(17-15-23)29-13-7-6-10-27(29)20-33/h6-11,13-19H,3-5,12,21-22H2,1-2H3,(H,34,37). The molecule has 198 valence electrons. The average Bonchev–Trinajstić information content (AvgIpc) is 3.37. The van der Waals surface area contributed by atoms with E-state index in [2.05, 4.69) is 23.4 Å². The van der Waals surface area contributed by atoms with E-state index in [9.17, 15) is 14.9 Å². The van der Waals surface area contributed by atoms with Crippen molar-refractivity contribution in [3.63, 3.8) is 0 Å². The molecule has 0 unspecified atom stereocenters. The minimum atomic E-state index is -0.382. The van der Waals surface area contributed by atoms with Gasteiger partial charge < -0.3 is 10.1 Å². The van der Waals surface area contributed by atoms with E-state index in [1.165, 1.54) is 0 Å². The van der Waals surface area contributed by atoms with Crippen molar-refractivity contribution in [2.75, 3.05) is 6.61 Å². The van der Waals surface area contributed by atoms with Crippen LogP contribution < -0.4 is 5.32 Å². The van der Waals surface area contributed by atoms with Crippen LogP contribution in [0.15, 0.2) is 78.9 Å². The van der Waals surface area contributed by atoms with Crippen molar-refractivity contribution >= 4 is 11.9 Å². The van der Waals surface area contributed by atoms with E-state index < -0.39 is 0 Å². The zero-order chi connectivity index (χ0) is 27.6. The number of carbonyl (C=O) groups is 2. The number of unbranched alkanes of at least 4 members (excludes halogenated alkanes) is 1. The van der Waals surface area contributed by atoms with Crippen molar-refractivity contribution < 1.29 is 14.3 Å². The fourth-order valence-corrected chi connectivity index (χ4v) is 4.35. The molecule has 3 aromatic carbocycles. The third-order valence-electron chi connectivity index (χ3n) is 6.42. The molecule has 0 spiro atoms. The highest BCUT2D eigenvalue weighted by Gasteiger charge is 2.15. The van der Waals surface area contributed by atoms with E-state index in [-0.39, 0.29) is 18.4 Å². The van der Waals surface area contributed by atoms with Gasteiger partial charge in [0.1, 0.15) is 5.69 Å². The first kappa shape index (κ1) is 27.3. The van der Waals surface area contributed by atoms with E-state index in [1.54, 1.807) is 25.1 Å². The molecule has 0 atom stereocenters. The largest absolute Gasteiger partial charge is 0.462 e. The molecular weight excluding hydrogens is 488 g/mol. The smallest absolute Gasteiger partial charge is 0.338 e. The summed E-state index contributed by atoms with van der Waals surface area (Å²) in [7, 11) is 0. The SMILES string of the molecule is CCCCc1cc(C(=O)NCc2cccc(C(=O)OCC)c2)nn1Cc1ccc(-c2ccccc2C#N)cc1. The summed E-state index contributed by atoms with van der Waals surface area (Å²) in [5, 5.41) is 17.0. The van der Waals surface area contributed by atoms with Crippen molar-refractivity contribution in [2.45, 2.75) is 46.2 Å². The lowest BCUT2D eigenvalue weighted by Gasteiger charge is -2.09. The van der Waals surface area contributed by atoms with Gasteiger partial charge in [0.15, 0.2) is 0 Å². The maximum absolute atomic E-state index is 13.0. The fraction of sp³-hybridized carbons (Fsp3) is 0.250. The molecule has 1 heterocycles. The van der Waals surface area contributed by atoms with Gasteiger partial charge in [-0.3, -0.25) is 9.48 Å². The quantitative estimate of drug-likeness (QED) is 0.248. The van der Waals surface area contributed by atoms with Gasteiger partial charge in [0, 0.05) is 12.2 Å². The van der Waals surface area contributed by atoms with Gasteiger partial charge in [-0.1, -0.05) is 67.9 Å². The number of hydrogen-bond donors (Lipinski definition) is 1. The van der Waals surface area contributed by atoms with Gasteiger partial charge >= 0.3 is 5.97 Å². The molecule has 7 heteroatoms. The number of aromatic nitrogens is 2. The van der Waals surface area contributed by atoms with Crippen molar-refractivity contribution in [3.8, 4) is 17.2 Å². The number of aryl methyl sites for hydroxylation is 1. The van der Waals surface area contributed by atoms with Crippen LogP contribution in [0.5, 0.6) is 0 Å². The maximum Gasteiger partial charge on any atom is 0.338 e. The summed E-state index contributed by atoms with van der Waals surface area (Å²) in [6.07, 6.45) is 2.86. The topological polar surface area (TPSA) is 97.0 Å². The molecule has 0 aliphatic heterocycles. The Balaban J connectivity index is 1.47. The fourth-order valence-electron chi connectivity index (χ4n) is 4.35. The maximum atomic E-state index is 13.0. The van der Waals surface area contributed by atoms with Crippen LogP contribution in [-0.4, -0.2) is 28.3 Å². The number of esters is 1. The second-order valence-electron chi connectivity index (χ2n) is 9.24. The Hall–Kier alpha value is -4.70. The molecule has 0 saturated heterocycles. The third kappa shape index (κ3) is 6.99. The van der Waals surface area contributed by atoms with E-state index in [0.717, 1.165) is 47.2 Å². The molecule has 39 heavy (non-hydrogen) atoms. The van der Waals surface area contributed by atoms with Gasteiger partial charge in [-0.2, -0.15) is 10.4 Å². The first-order chi connectivity index (χ1) is 19.0. The molecule has 0 aliphatic carbocycles. The summed E-state index contributed by atoms with van der Waals surface area (Å²) in [5.41, 5.74) is 6.21. The van der Waals surface area contributed by atoms with E-state index in [4.69, 9.17) is 4.74 Å². The Labute approximate surface area is 229 Å². The van der Waals surface area contributed by atoms with Gasteiger partial charge in [-0.05, 0) is 66.3 Å². The van der Waals surface area contributed by atoms with E-state index in [1.807, 2.05) is 65.3 Å². The Bertz CT molecular complexity index is 1480. The Kier molecular flexibility index (Phi) is 9.25. The molecule has 0 fully saturated rings. The van der Waals surface area contributed by atoms with Crippen LogP contribution in [-0.2, 0) is 24.2 Å². The van der Waals surface area contributed by atoms with Crippen molar-refractivity contribution in [1.29, 1.82) is 5.26 Å². The van der Waals surface area contributed by atoms with Crippen LogP contribution in [0, 0.1) is 11.3 Å². The number of rotatable bonds is 11. The molecule has 0 bridgehead atoms. The summed E-state index contributed by atoms with van der Waals surface area (Å²) in [6.45, 7) is 5.02. The molecule has 1 N–H and O–H groups in total. The van der Waals surface area contributed by atoms with E-state index >= 15 is 0 Å². The summed E-state index contributed by atoms with van der Waals surface area (Å²) < 4.78 is 6.96. The highest BCUT2D eigenvalue weighted by atomic mass is 16.5. The number of amides is 1. The number of nitrogens with zero attached hydrogens (tertiary/aromatic N) is 3. The molecule has 7 nitrogen and oxygen atoms in total. The van der Waals surface area contributed by atoms with Gasteiger partial charge in [0.05, 0.1) is 30.3 Å². The monoisotopic (exact) mass is 520 g/mol. The van der Waals surface area contributed by atoms with Gasteiger partial charge in [-0.25, -0.2) is 4.79 Å². The first-order valence-corrected chi connectivity index (χ1v) is 13.2. The van der Waals surface area contributed by atoms with Crippen LogP contribution in [0.3, 0.4) is 0 Å². The van der Waals surface area contributed by atoms with Crippen LogP contribution in [0.25, 0.3) is 11.1 Å². The second kappa shape index (κ2) is 13.2. The van der Waals surface area contributed by atoms with Crippen molar-refractivity contribution in [2.24, 2.45) is 0 Å². The summed E-state index contributed by atoms with van der Waals surface area (Å²) in [4.78, 5) is 25.0. The van der Waals surface area contributed by atoms with Crippen LogP contribution >= 0.6 is 0 Å². The lowest BCUT2D eigenvalue weighted by molar-refractivity contribution is 0.0526. The molecule has 1 aromatic heterocycles. The third-order valence-corrected chi connectivity index (χ3v) is 6.42. The van der Waals surface area contributed by atoms with Crippen LogP contribution in [0.2, 0.25) is 0 Å². The lowest BCUT2D eigenvalue weighted by Crippen LogP contribution is -2.23. The average molecular weight is 521 g/mol. The normalized spacial score (nSPS) is 10.6. The van der Waals surface area contributed by atoms with Crippen molar-refractivity contribution in [1.82, 2.24) is 15.1 Å². The molecule has 0 saturated carbocycles. The van der Waals surface area contributed by atoms with Gasteiger partial charge in [-0.15, -0.1) is 0 Å². The number of ether oxygens (including phenoxy) is 1. The minimum Gasteiger partial charge on any atom is -0.462 e. The van der Waals surface area contributed by atoms with Crippen molar-refractivity contribution in [3.05, 3.63) is 113 Å². The Morgan fingerprint density at radius 1 is 0.974 bits per heavy atom. The predicted octanol–water partition coefficient (Wildman–Crippen LogP) is 5.92. The van der Waals surface area contributed by atoms with Gasteiger partial charge in [0.2, 0.25) is 0 Å². The number of carbonyl (C=O) groups excluding carboxylic acids is 2. The summed E-state index contributed by atoms with van der Waals surface area (Å²) >= 11 is 0. The predicted molar refractivity (Wildman–Crippen MR) is 150 cm³/mol. The number of benzene rings is 3. The molecule has 0 radical (unpaired) electrons. The minimum absolute atomic E-state index is 0.267. The summed E-state index contributed by atoms with van der Waals surface area (Å²) in [6, 6.07) is 26.8. The molecular formula is C32H32N4O3. The van der Waals surface area contributed by atoms with Gasteiger partial charge in [0.25, 0.3) is 5.91 Å². The number of hydrogen-bond acceptors (Lipinski definition) is 5. The van der Waals surface area contributed by atoms with Crippen LogP contribution in [0.4, 0.5) is 0 Å². The zero-order valence-corrected chi connectivity index (χ0v) is 22.3. The van der Waals surface area contributed by atoms with Crippen LogP contribution in [0.1, 0.15) is 69.9 Å². The highest BCUT2D eigenvalue weighted by molar-refractivity contribution is 5.92. The van der Waals surface area contributed by atoms with E-state index in [0.29, 0.717) is 30.0 Å². The Morgan fingerprint density at radius 3 is 2.51 bits per heavy atom. The number of nitriles is 1. The number of nitrogens with one attached hydrogen (secondary N) is 1. The first-order valence-electron chi connectivity index (χ1n) is 13.2. The second-order valence-corrected chi connectivity index (χ2v) is 9.24. The summed E-state index contributed by atoms with van der Waals surface area (Å²) in [5.74, 6) is -0.649. The molecule has 1 amide bonds.